The number of fused-ring (bicyclic) bond motifs is 2. The number of nitrogens with two attached hydrogens (primary N) is 1. The summed E-state index contributed by atoms with van der Waals surface area (Å²) < 4.78 is 116. The van der Waals surface area contributed by atoms with Gasteiger partial charge in [0.15, 0.2) is 15.7 Å². The maximum absolute atomic E-state index is 15.6. The topological polar surface area (TPSA) is 129 Å². The number of carbonyl (C=O) groups is 1. The summed E-state index contributed by atoms with van der Waals surface area (Å²) in [6.45, 7) is 5.93. The quantitative estimate of drug-likeness (QED) is 0.146. The SMILES string of the molecule is CC(C)(C)OC(=O)N[C@@H](Cc1cc(F)cc(F)c1)c1nc(C#CC(C)(C)S(C)(=O)=O)c2c(c1-c1ccc(Cl)c3c(N)nn(CC(F)(F)F)c13)C[C@@H](F)C2. The van der Waals surface area contributed by atoms with E-state index in [1.54, 1.807) is 20.8 Å². The van der Waals surface area contributed by atoms with Crippen molar-refractivity contribution >= 4 is 44.3 Å². The van der Waals surface area contributed by atoms with Crippen molar-refractivity contribution in [2.24, 2.45) is 0 Å². The second-order valence-corrected chi connectivity index (χ2v) is 17.3. The van der Waals surface area contributed by atoms with Gasteiger partial charge in [0.1, 0.15) is 40.4 Å². The van der Waals surface area contributed by atoms with Crippen molar-refractivity contribution < 1.29 is 44.3 Å². The molecule has 9 nitrogen and oxygen atoms in total. The molecule has 2 aromatic heterocycles. The summed E-state index contributed by atoms with van der Waals surface area (Å²) in [6.07, 6.45) is -7.17. The highest BCUT2D eigenvalue weighted by molar-refractivity contribution is 7.92. The summed E-state index contributed by atoms with van der Waals surface area (Å²) >= 11 is 6.46. The van der Waals surface area contributed by atoms with E-state index in [4.69, 9.17) is 27.1 Å². The number of carbonyl (C=O) groups excluding carboxylic acids is 1. The van der Waals surface area contributed by atoms with Gasteiger partial charge in [0, 0.05) is 36.3 Å². The van der Waals surface area contributed by atoms with E-state index in [2.05, 4.69) is 22.3 Å². The number of rotatable bonds is 7. The molecular formula is C36H36ClF6N5O4S. The third-order valence-electron chi connectivity index (χ3n) is 8.55. The van der Waals surface area contributed by atoms with Crippen LogP contribution in [0.3, 0.4) is 0 Å². The number of hydrogen-bond acceptors (Lipinski definition) is 7. The van der Waals surface area contributed by atoms with Gasteiger partial charge in [0.05, 0.1) is 27.7 Å². The zero-order chi connectivity index (χ0) is 39.4. The van der Waals surface area contributed by atoms with E-state index < -0.39 is 62.8 Å². The van der Waals surface area contributed by atoms with Crippen LogP contribution in [0.2, 0.25) is 5.02 Å². The predicted molar refractivity (Wildman–Crippen MR) is 189 cm³/mol. The van der Waals surface area contributed by atoms with Crippen LogP contribution in [0.15, 0.2) is 30.3 Å². The molecule has 17 heteroatoms. The van der Waals surface area contributed by atoms with E-state index >= 15 is 4.39 Å². The molecule has 53 heavy (non-hydrogen) atoms. The average Bonchev–Trinajstić information content (AvgIpc) is 3.52. The van der Waals surface area contributed by atoms with Crippen molar-refractivity contribution in [2.75, 3.05) is 12.0 Å². The fourth-order valence-electron chi connectivity index (χ4n) is 6.04. The zero-order valence-corrected chi connectivity index (χ0v) is 31.0. The van der Waals surface area contributed by atoms with E-state index in [-0.39, 0.29) is 80.2 Å². The normalized spacial score (nSPS) is 15.5. The molecule has 5 rings (SSSR count). The lowest BCUT2D eigenvalue weighted by molar-refractivity contribution is -0.141. The van der Waals surface area contributed by atoms with Crippen LogP contribution in [0.5, 0.6) is 0 Å². The number of aromatic nitrogens is 3. The van der Waals surface area contributed by atoms with Crippen LogP contribution in [0, 0.1) is 23.5 Å². The summed E-state index contributed by atoms with van der Waals surface area (Å²) in [4.78, 5) is 18.1. The predicted octanol–water partition coefficient (Wildman–Crippen LogP) is 7.59. The minimum atomic E-state index is -4.77. The Bertz CT molecular complexity index is 2270. The molecule has 1 aliphatic carbocycles. The second kappa shape index (κ2) is 14.1. The first-order valence-corrected chi connectivity index (χ1v) is 18.5. The maximum Gasteiger partial charge on any atom is 0.408 e. The Morgan fingerprint density at radius 1 is 1.09 bits per heavy atom. The van der Waals surface area contributed by atoms with Crippen LogP contribution >= 0.6 is 11.6 Å². The average molecular weight is 784 g/mol. The lowest BCUT2D eigenvalue weighted by atomic mass is 9.88. The molecule has 0 saturated heterocycles. The molecule has 0 fully saturated rings. The fraction of sp³-hybridized carbons (Fsp3) is 0.417. The number of alkyl halides is 4. The van der Waals surface area contributed by atoms with Crippen LogP contribution in [-0.2, 0) is 40.4 Å². The van der Waals surface area contributed by atoms with Gasteiger partial charge in [0.25, 0.3) is 0 Å². The number of hydrogen-bond donors (Lipinski definition) is 2. The molecule has 0 aliphatic heterocycles. The first kappa shape index (κ1) is 39.7. The number of sulfone groups is 1. The number of nitrogen functional groups attached to an aromatic ring is 1. The van der Waals surface area contributed by atoms with Crippen LogP contribution in [0.4, 0.5) is 37.0 Å². The molecule has 2 aromatic carbocycles. The first-order chi connectivity index (χ1) is 24.3. The summed E-state index contributed by atoms with van der Waals surface area (Å²) in [7, 11) is -3.75. The number of ether oxygens (including phenoxy) is 1. The number of halogens is 7. The van der Waals surface area contributed by atoms with Crippen molar-refractivity contribution in [3.8, 4) is 23.0 Å². The van der Waals surface area contributed by atoms with Crippen molar-refractivity contribution in [1.82, 2.24) is 20.1 Å². The van der Waals surface area contributed by atoms with E-state index in [9.17, 15) is 35.2 Å². The molecule has 0 saturated carbocycles. The first-order valence-electron chi connectivity index (χ1n) is 16.2. The highest BCUT2D eigenvalue weighted by Gasteiger charge is 2.37. The van der Waals surface area contributed by atoms with Gasteiger partial charge in [0.2, 0.25) is 0 Å². The number of pyridine rings is 1. The maximum atomic E-state index is 15.6. The zero-order valence-electron chi connectivity index (χ0n) is 29.5. The Kier molecular flexibility index (Phi) is 10.5. The number of nitrogens with zero attached hydrogens (tertiary/aromatic N) is 3. The Balaban J connectivity index is 1.91. The second-order valence-electron chi connectivity index (χ2n) is 14.4. The number of alkyl carbamates (subject to hydrolysis) is 1. The number of nitrogens with one attached hydrogen (secondary N) is 1. The smallest absolute Gasteiger partial charge is 0.408 e. The molecule has 4 aromatic rings. The molecule has 0 radical (unpaired) electrons. The highest BCUT2D eigenvalue weighted by Crippen LogP contribution is 2.45. The molecule has 0 bridgehead atoms. The van der Waals surface area contributed by atoms with Crippen LogP contribution < -0.4 is 11.1 Å². The summed E-state index contributed by atoms with van der Waals surface area (Å²) in [5.41, 5.74) is 5.37. The van der Waals surface area contributed by atoms with Gasteiger partial charge >= 0.3 is 12.3 Å². The molecule has 3 N–H and O–H groups in total. The van der Waals surface area contributed by atoms with E-state index in [0.717, 1.165) is 18.4 Å². The molecule has 1 aliphatic rings. The van der Waals surface area contributed by atoms with Gasteiger partial charge in [-0.15, -0.1) is 0 Å². The van der Waals surface area contributed by atoms with Gasteiger partial charge < -0.3 is 15.8 Å². The van der Waals surface area contributed by atoms with E-state index in [1.165, 1.54) is 26.0 Å². The van der Waals surface area contributed by atoms with Crippen molar-refractivity contribution in [3.05, 3.63) is 75.1 Å². The Labute approximate surface area is 307 Å². The summed E-state index contributed by atoms with van der Waals surface area (Å²) in [5.74, 6) is 3.28. The summed E-state index contributed by atoms with van der Waals surface area (Å²) in [5, 5.41) is 6.52. The number of benzene rings is 2. The van der Waals surface area contributed by atoms with Crippen molar-refractivity contribution in [3.63, 3.8) is 0 Å². The lowest BCUT2D eigenvalue weighted by Gasteiger charge is -2.27. The van der Waals surface area contributed by atoms with Crippen LogP contribution in [-0.4, -0.2) is 58.2 Å². The van der Waals surface area contributed by atoms with E-state index in [0.29, 0.717) is 10.7 Å². The minimum Gasteiger partial charge on any atom is -0.444 e. The minimum absolute atomic E-state index is 0.0306. The lowest BCUT2D eigenvalue weighted by Crippen LogP contribution is -2.36. The van der Waals surface area contributed by atoms with Gasteiger partial charge in [-0.25, -0.2) is 31.4 Å². The molecule has 2 atom stereocenters. The monoisotopic (exact) mass is 783 g/mol. The molecule has 284 valence electrons. The molecular weight excluding hydrogens is 748 g/mol. The third kappa shape index (κ3) is 8.84. The van der Waals surface area contributed by atoms with Gasteiger partial charge in [-0.1, -0.05) is 23.6 Å². The van der Waals surface area contributed by atoms with Crippen LogP contribution in [0.25, 0.3) is 22.0 Å². The molecule has 2 heterocycles. The van der Waals surface area contributed by atoms with Crippen molar-refractivity contribution in [2.45, 2.75) is 89.2 Å². The van der Waals surface area contributed by atoms with Gasteiger partial charge in [-0.3, -0.25) is 4.68 Å². The molecule has 1 amide bonds. The Morgan fingerprint density at radius 3 is 2.30 bits per heavy atom. The standard InChI is InChI=1S/C36H36ClF6N5O4S/c1-34(2,3)52-33(49)46-27(13-18-11-19(38)14-20(39)12-18)30-28(22-7-8-25(37)29-31(22)48(47-32(29)44)17-36(41,42)43)24-16-21(40)15-23(24)26(45-30)9-10-35(4,5)53(6,50)51/h7-8,11-12,14,21,27H,13,15-17H2,1-6H3,(H2,44,47)(H,46,49)/t21-,27-/m0/s1. The fourth-order valence-corrected chi connectivity index (χ4v) is 6.52. The number of anilines is 1. The third-order valence-corrected chi connectivity index (χ3v) is 10.8. The Morgan fingerprint density at radius 2 is 1.72 bits per heavy atom. The Hall–Kier alpha value is -4.49. The highest BCUT2D eigenvalue weighted by atomic mass is 35.5. The summed E-state index contributed by atoms with van der Waals surface area (Å²) in [6, 6.07) is 4.09. The van der Waals surface area contributed by atoms with Gasteiger partial charge in [-0.2, -0.15) is 18.3 Å². The van der Waals surface area contributed by atoms with Crippen molar-refractivity contribution in [1.29, 1.82) is 0 Å². The largest absolute Gasteiger partial charge is 0.444 e. The van der Waals surface area contributed by atoms with E-state index in [1.807, 2.05) is 0 Å². The van der Waals surface area contributed by atoms with Crippen LogP contribution in [0.1, 0.15) is 68.7 Å². The molecule has 0 unspecified atom stereocenters. The molecule has 0 spiro atoms. The van der Waals surface area contributed by atoms with Gasteiger partial charge in [-0.05, 0) is 81.8 Å². The number of amides is 1.